The summed E-state index contributed by atoms with van der Waals surface area (Å²) in [5, 5.41) is 16.0. The first kappa shape index (κ1) is 16.4. The molecule has 1 atom stereocenters. The van der Waals surface area contributed by atoms with Crippen molar-refractivity contribution in [3.63, 3.8) is 0 Å². The molecule has 6 nitrogen and oxygen atoms in total. The van der Waals surface area contributed by atoms with Crippen LogP contribution in [-0.2, 0) is 4.79 Å². The highest BCUT2D eigenvalue weighted by molar-refractivity contribution is 6.45. The summed E-state index contributed by atoms with van der Waals surface area (Å²) >= 11 is 5.99. The fraction of sp³-hybridized carbons (Fsp3) is 0.211. The van der Waals surface area contributed by atoms with E-state index in [1.807, 2.05) is 36.4 Å². The third-order valence-corrected chi connectivity index (χ3v) is 4.88. The Morgan fingerprint density at radius 2 is 1.77 bits per heavy atom. The highest BCUT2D eigenvalue weighted by Gasteiger charge is 2.40. The molecule has 2 aromatic carbocycles. The molecular weight excluding hydrogens is 350 g/mol. The fourth-order valence-corrected chi connectivity index (χ4v) is 3.46. The summed E-state index contributed by atoms with van der Waals surface area (Å²) in [5.41, 5.74) is 1.80. The van der Waals surface area contributed by atoms with Crippen LogP contribution in [0.3, 0.4) is 0 Å². The largest absolute Gasteiger partial charge is 0.366 e. The molecule has 0 aliphatic carbocycles. The van der Waals surface area contributed by atoms with Crippen molar-refractivity contribution >= 4 is 34.6 Å². The highest BCUT2D eigenvalue weighted by Crippen LogP contribution is 2.29. The number of anilines is 2. The number of nitriles is 1. The van der Waals surface area contributed by atoms with Crippen LogP contribution in [0, 0.1) is 11.3 Å². The molecule has 130 valence electrons. The van der Waals surface area contributed by atoms with Gasteiger partial charge in [-0.3, -0.25) is 4.79 Å². The Bertz CT molecular complexity index is 890. The second-order valence-electron chi connectivity index (χ2n) is 6.14. The summed E-state index contributed by atoms with van der Waals surface area (Å²) < 4.78 is 0. The maximum atomic E-state index is 12.6. The van der Waals surface area contributed by atoms with E-state index in [9.17, 15) is 10.1 Å². The zero-order valence-electron chi connectivity index (χ0n) is 13.9. The van der Waals surface area contributed by atoms with E-state index in [-0.39, 0.29) is 17.8 Å². The SMILES string of the molecule is N#CC1=NN(c2ccc(Cl)cc2)C2CN(c3ccccc3)CCN2C1=O. The summed E-state index contributed by atoms with van der Waals surface area (Å²) in [7, 11) is 0. The average molecular weight is 366 g/mol. The molecule has 26 heavy (non-hydrogen) atoms. The lowest BCUT2D eigenvalue weighted by Gasteiger charge is -2.47. The summed E-state index contributed by atoms with van der Waals surface area (Å²) in [6.07, 6.45) is -0.283. The molecule has 1 fully saturated rings. The van der Waals surface area contributed by atoms with Crippen molar-refractivity contribution in [3.8, 4) is 6.07 Å². The molecule has 0 bridgehead atoms. The van der Waals surface area contributed by atoms with Gasteiger partial charge in [-0.1, -0.05) is 29.8 Å². The van der Waals surface area contributed by atoms with Crippen LogP contribution in [0.1, 0.15) is 0 Å². The number of amides is 1. The number of halogens is 1. The number of hydrazone groups is 1. The summed E-state index contributed by atoms with van der Waals surface area (Å²) in [6, 6.07) is 19.2. The van der Waals surface area contributed by atoms with Gasteiger partial charge in [-0.2, -0.15) is 10.4 Å². The molecule has 2 aliphatic heterocycles. The van der Waals surface area contributed by atoms with Gasteiger partial charge in [0, 0.05) is 23.8 Å². The molecule has 1 unspecified atom stereocenters. The van der Waals surface area contributed by atoms with Gasteiger partial charge in [0.25, 0.3) is 5.91 Å². The first-order chi connectivity index (χ1) is 12.7. The molecule has 0 spiro atoms. The third kappa shape index (κ3) is 2.87. The van der Waals surface area contributed by atoms with Gasteiger partial charge in [-0.05, 0) is 36.4 Å². The molecule has 0 N–H and O–H groups in total. The Morgan fingerprint density at radius 3 is 2.46 bits per heavy atom. The minimum absolute atomic E-state index is 0.0932. The number of piperazine rings is 1. The van der Waals surface area contributed by atoms with Crippen molar-refractivity contribution in [1.82, 2.24) is 4.90 Å². The predicted molar refractivity (Wildman–Crippen MR) is 101 cm³/mol. The van der Waals surface area contributed by atoms with Gasteiger partial charge in [0.1, 0.15) is 12.2 Å². The third-order valence-electron chi connectivity index (χ3n) is 4.63. The number of nitrogens with zero attached hydrogens (tertiary/aromatic N) is 5. The standard InChI is InChI=1S/C19H16ClN5O/c20-14-6-8-16(9-7-14)25-18-13-23(15-4-2-1-3-5-15)10-11-24(18)19(26)17(12-21)22-25/h1-9,18H,10-11,13H2. The van der Waals surface area contributed by atoms with Crippen LogP contribution < -0.4 is 9.91 Å². The number of rotatable bonds is 2. The van der Waals surface area contributed by atoms with E-state index in [1.165, 1.54) is 0 Å². The van der Waals surface area contributed by atoms with Crippen molar-refractivity contribution in [2.45, 2.75) is 6.17 Å². The van der Waals surface area contributed by atoms with E-state index < -0.39 is 0 Å². The molecule has 0 radical (unpaired) electrons. The summed E-state index contributed by atoms with van der Waals surface area (Å²) in [6.45, 7) is 1.84. The molecule has 1 saturated heterocycles. The Balaban J connectivity index is 1.71. The zero-order chi connectivity index (χ0) is 18.1. The van der Waals surface area contributed by atoms with E-state index in [4.69, 9.17) is 11.6 Å². The molecule has 1 amide bonds. The van der Waals surface area contributed by atoms with Gasteiger partial charge in [-0.25, -0.2) is 5.01 Å². The maximum absolute atomic E-state index is 12.6. The summed E-state index contributed by atoms with van der Waals surface area (Å²) in [5.74, 6) is -0.310. The Labute approximate surface area is 156 Å². The van der Waals surface area contributed by atoms with Gasteiger partial charge in [0.05, 0.1) is 12.2 Å². The molecule has 0 aromatic heterocycles. The van der Waals surface area contributed by atoms with Gasteiger partial charge < -0.3 is 9.80 Å². The lowest BCUT2D eigenvalue weighted by atomic mass is 10.1. The maximum Gasteiger partial charge on any atom is 0.287 e. The second kappa shape index (κ2) is 6.70. The number of hydrogen-bond acceptors (Lipinski definition) is 5. The topological polar surface area (TPSA) is 62.9 Å². The zero-order valence-corrected chi connectivity index (χ0v) is 14.7. The van der Waals surface area contributed by atoms with Gasteiger partial charge in [-0.15, -0.1) is 0 Å². The fourth-order valence-electron chi connectivity index (χ4n) is 3.33. The predicted octanol–water partition coefficient (Wildman–Crippen LogP) is 2.71. The molecule has 2 heterocycles. The van der Waals surface area contributed by atoms with E-state index in [0.29, 0.717) is 24.7 Å². The smallest absolute Gasteiger partial charge is 0.287 e. The quantitative estimate of drug-likeness (QED) is 0.821. The van der Waals surface area contributed by atoms with E-state index in [1.54, 1.807) is 22.0 Å². The summed E-state index contributed by atoms with van der Waals surface area (Å²) in [4.78, 5) is 16.5. The van der Waals surface area contributed by atoms with E-state index in [0.717, 1.165) is 11.4 Å². The Kier molecular flexibility index (Phi) is 4.23. The van der Waals surface area contributed by atoms with Crippen molar-refractivity contribution in [1.29, 1.82) is 5.26 Å². The van der Waals surface area contributed by atoms with Gasteiger partial charge in [0.15, 0.2) is 0 Å². The van der Waals surface area contributed by atoms with Crippen LogP contribution in [0.4, 0.5) is 11.4 Å². The molecule has 2 aromatic rings. The lowest BCUT2D eigenvalue weighted by Crippen LogP contribution is -2.64. The van der Waals surface area contributed by atoms with Gasteiger partial charge >= 0.3 is 0 Å². The number of carbonyl (C=O) groups excluding carboxylic acids is 1. The second-order valence-corrected chi connectivity index (χ2v) is 6.58. The average Bonchev–Trinajstić information content (AvgIpc) is 2.69. The number of benzene rings is 2. The van der Waals surface area contributed by atoms with Crippen molar-refractivity contribution in [2.75, 3.05) is 29.5 Å². The van der Waals surface area contributed by atoms with Crippen LogP contribution in [0.5, 0.6) is 0 Å². The van der Waals surface area contributed by atoms with Crippen LogP contribution in [-0.4, -0.2) is 42.3 Å². The molecule has 0 saturated carbocycles. The monoisotopic (exact) mass is 365 g/mol. The van der Waals surface area contributed by atoms with Crippen LogP contribution in [0.2, 0.25) is 5.02 Å². The lowest BCUT2D eigenvalue weighted by molar-refractivity contribution is -0.127. The number of carbonyl (C=O) groups is 1. The number of para-hydroxylation sites is 1. The Morgan fingerprint density at radius 1 is 1.04 bits per heavy atom. The first-order valence-electron chi connectivity index (χ1n) is 8.32. The minimum Gasteiger partial charge on any atom is -0.366 e. The van der Waals surface area contributed by atoms with E-state index in [2.05, 4.69) is 22.1 Å². The van der Waals surface area contributed by atoms with Crippen molar-refractivity contribution in [2.24, 2.45) is 5.10 Å². The van der Waals surface area contributed by atoms with Crippen LogP contribution in [0.25, 0.3) is 0 Å². The molecule has 4 rings (SSSR count). The molecule has 2 aliphatic rings. The molecular formula is C19H16ClN5O. The van der Waals surface area contributed by atoms with Crippen LogP contribution >= 0.6 is 11.6 Å². The number of hydrogen-bond donors (Lipinski definition) is 0. The van der Waals surface area contributed by atoms with Gasteiger partial charge in [0.2, 0.25) is 5.71 Å². The number of fused-ring (bicyclic) bond motifs is 1. The molecule has 7 heteroatoms. The van der Waals surface area contributed by atoms with Crippen LogP contribution in [0.15, 0.2) is 59.7 Å². The first-order valence-corrected chi connectivity index (χ1v) is 8.69. The van der Waals surface area contributed by atoms with E-state index >= 15 is 0 Å². The Hall–Kier alpha value is -3.04. The van der Waals surface area contributed by atoms with Crippen molar-refractivity contribution < 1.29 is 4.79 Å². The van der Waals surface area contributed by atoms with Crippen molar-refractivity contribution in [3.05, 3.63) is 59.6 Å². The highest BCUT2D eigenvalue weighted by atomic mass is 35.5. The minimum atomic E-state index is -0.310. The normalized spacial score (nSPS) is 19.7.